The summed E-state index contributed by atoms with van der Waals surface area (Å²) in [6.45, 7) is 4.08. The molecule has 0 saturated heterocycles. The van der Waals surface area contributed by atoms with Gasteiger partial charge in [-0.05, 0) is 40.1 Å². The lowest BCUT2D eigenvalue weighted by Gasteiger charge is -2.35. The molecule has 0 fully saturated rings. The standard InChI is InChI=1S/C22H17Cl2NO/c1-14(23)13-25-20-10-9-15-5-2-3-8-18(15)22(20)19(12-21(25)26)16-6-4-7-17(24)11-16/h2-11,19H,1,12-13H2. The van der Waals surface area contributed by atoms with Crippen LogP contribution in [0.5, 0.6) is 0 Å². The van der Waals surface area contributed by atoms with E-state index in [0.29, 0.717) is 23.0 Å². The number of amides is 1. The van der Waals surface area contributed by atoms with E-state index < -0.39 is 0 Å². The predicted molar refractivity (Wildman–Crippen MR) is 109 cm³/mol. The lowest BCUT2D eigenvalue weighted by molar-refractivity contribution is -0.119. The summed E-state index contributed by atoms with van der Waals surface area (Å²) in [6, 6.07) is 20.1. The highest BCUT2D eigenvalue weighted by atomic mass is 35.5. The molecule has 1 unspecified atom stereocenters. The lowest BCUT2D eigenvalue weighted by atomic mass is 9.81. The molecular formula is C22H17Cl2NO. The van der Waals surface area contributed by atoms with Crippen LogP contribution in [0.4, 0.5) is 5.69 Å². The second-order valence-electron chi connectivity index (χ2n) is 6.53. The minimum atomic E-state index is -0.0397. The summed E-state index contributed by atoms with van der Waals surface area (Å²) < 4.78 is 0. The molecule has 1 amide bonds. The summed E-state index contributed by atoms with van der Waals surface area (Å²) in [6.07, 6.45) is 0.380. The highest BCUT2D eigenvalue weighted by Gasteiger charge is 2.33. The Hall–Kier alpha value is -2.29. The van der Waals surface area contributed by atoms with Crippen molar-refractivity contribution in [3.05, 3.63) is 88.4 Å². The largest absolute Gasteiger partial charge is 0.307 e. The molecule has 130 valence electrons. The number of fused-ring (bicyclic) bond motifs is 3. The number of nitrogens with zero attached hydrogens (tertiary/aromatic N) is 1. The molecule has 1 atom stereocenters. The van der Waals surface area contributed by atoms with Gasteiger partial charge < -0.3 is 4.90 Å². The molecule has 0 N–H and O–H groups in total. The SMILES string of the molecule is C=C(Cl)CN1C(=O)CC(c2cccc(Cl)c2)c2c1ccc1ccccc21. The van der Waals surface area contributed by atoms with Crippen molar-refractivity contribution in [3.63, 3.8) is 0 Å². The third-order valence-electron chi connectivity index (χ3n) is 4.85. The molecule has 0 aromatic heterocycles. The second kappa shape index (κ2) is 6.79. The number of rotatable bonds is 3. The molecule has 4 heteroatoms. The zero-order valence-electron chi connectivity index (χ0n) is 14.1. The maximum Gasteiger partial charge on any atom is 0.228 e. The first-order valence-electron chi connectivity index (χ1n) is 8.45. The van der Waals surface area contributed by atoms with Crippen LogP contribution < -0.4 is 4.90 Å². The maximum absolute atomic E-state index is 12.9. The average molecular weight is 382 g/mol. The molecule has 1 aliphatic rings. The Morgan fingerprint density at radius 1 is 1.12 bits per heavy atom. The van der Waals surface area contributed by atoms with Crippen molar-refractivity contribution in [2.75, 3.05) is 11.4 Å². The molecule has 0 spiro atoms. The molecule has 1 heterocycles. The van der Waals surface area contributed by atoms with Gasteiger partial charge in [-0.1, -0.05) is 72.2 Å². The molecular weight excluding hydrogens is 365 g/mol. The molecule has 0 aliphatic carbocycles. The Labute approximate surface area is 162 Å². The number of benzene rings is 3. The van der Waals surface area contributed by atoms with Crippen LogP contribution in [-0.4, -0.2) is 12.5 Å². The number of hydrogen-bond donors (Lipinski definition) is 0. The van der Waals surface area contributed by atoms with Gasteiger partial charge in [-0.3, -0.25) is 4.79 Å². The number of carbonyl (C=O) groups excluding carboxylic acids is 1. The first-order chi connectivity index (χ1) is 12.5. The number of anilines is 1. The van der Waals surface area contributed by atoms with Crippen molar-refractivity contribution in [2.45, 2.75) is 12.3 Å². The van der Waals surface area contributed by atoms with Crippen LogP contribution in [-0.2, 0) is 4.79 Å². The van der Waals surface area contributed by atoms with E-state index in [9.17, 15) is 4.79 Å². The number of carbonyl (C=O) groups is 1. The zero-order valence-corrected chi connectivity index (χ0v) is 15.6. The molecule has 4 rings (SSSR count). The molecule has 0 saturated carbocycles. The van der Waals surface area contributed by atoms with E-state index in [0.717, 1.165) is 27.6 Å². The van der Waals surface area contributed by atoms with Gasteiger partial charge in [-0.25, -0.2) is 0 Å². The van der Waals surface area contributed by atoms with Gasteiger partial charge in [0.05, 0.1) is 6.54 Å². The van der Waals surface area contributed by atoms with E-state index in [1.807, 2.05) is 48.5 Å². The van der Waals surface area contributed by atoms with E-state index in [4.69, 9.17) is 23.2 Å². The van der Waals surface area contributed by atoms with Crippen molar-refractivity contribution >= 4 is 45.6 Å². The van der Waals surface area contributed by atoms with Gasteiger partial charge >= 0.3 is 0 Å². The van der Waals surface area contributed by atoms with E-state index in [2.05, 4.69) is 18.7 Å². The summed E-state index contributed by atoms with van der Waals surface area (Å²) in [5.41, 5.74) is 3.09. The lowest BCUT2D eigenvalue weighted by Crippen LogP contribution is -2.37. The fourth-order valence-corrected chi connectivity index (χ4v) is 4.08. The molecule has 2 nitrogen and oxygen atoms in total. The first-order valence-corrected chi connectivity index (χ1v) is 9.21. The van der Waals surface area contributed by atoms with Crippen molar-refractivity contribution in [3.8, 4) is 0 Å². The van der Waals surface area contributed by atoms with Crippen molar-refractivity contribution < 1.29 is 4.79 Å². The van der Waals surface area contributed by atoms with Gasteiger partial charge in [0.25, 0.3) is 0 Å². The van der Waals surface area contributed by atoms with Crippen LogP contribution in [0.2, 0.25) is 5.02 Å². The highest BCUT2D eigenvalue weighted by Crippen LogP contribution is 2.44. The van der Waals surface area contributed by atoms with Crippen LogP contribution >= 0.6 is 23.2 Å². The van der Waals surface area contributed by atoms with Crippen LogP contribution in [0, 0.1) is 0 Å². The smallest absolute Gasteiger partial charge is 0.228 e. The Morgan fingerprint density at radius 2 is 1.92 bits per heavy atom. The summed E-state index contributed by atoms with van der Waals surface area (Å²) in [5.74, 6) is 0.00157. The average Bonchev–Trinajstić information content (AvgIpc) is 2.63. The van der Waals surface area contributed by atoms with E-state index in [1.54, 1.807) is 4.90 Å². The summed E-state index contributed by atoms with van der Waals surface area (Å²) in [4.78, 5) is 14.6. The van der Waals surface area contributed by atoms with Gasteiger partial charge in [0.15, 0.2) is 0 Å². The van der Waals surface area contributed by atoms with Gasteiger partial charge in [0, 0.05) is 28.1 Å². The molecule has 3 aromatic carbocycles. The fraction of sp³-hybridized carbons (Fsp3) is 0.136. The topological polar surface area (TPSA) is 20.3 Å². The molecule has 0 radical (unpaired) electrons. The second-order valence-corrected chi connectivity index (χ2v) is 7.50. The quantitative estimate of drug-likeness (QED) is 0.535. The summed E-state index contributed by atoms with van der Waals surface area (Å²) in [5, 5.41) is 3.41. The minimum Gasteiger partial charge on any atom is -0.307 e. The van der Waals surface area contributed by atoms with Crippen LogP contribution in [0.1, 0.15) is 23.5 Å². The maximum atomic E-state index is 12.9. The Morgan fingerprint density at radius 3 is 2.69 bits per heavy atom. The van der Waals surface area contributed by atoms with Gasteiger partial charge in [-0.2, -0.15) is 0 Å². The van der Waals surface area contributed by atoms with Crippen LogP contribution in [0.3, 0.4) is 0 Å². The Kier molecular flexibility index (Phi) is 4.47. The van der Waals surface area contributed by atoms with Gasteiger partial charge in [0.2, 0.25) is 5.91 Å². The van der Waals surface area contributed by atoms with Gasteiger partial charge in [-0.15, -0.1) is 0 Å². The predicted octanol–water partition coefficient (Wildman–Crippen LogP) is 6.11. The minimum absolute atomic E-state index is 0.0397. The molecule has 26 heavy (non-hydrogen) atoms. The Balaban J connectivity index is 1.98. The molecule has 3 aromatic rings. The first kappa shape index (κ1) is 17.1. The van der Waals surface area contributed by atoms with Crippen molar-refractivity contribution in [1.82, 2.24) is 0 Å². The number of halogens is 2. The fourth-order valence-electron chi connectivity index (χ4n) is 3.76. The van der Waals surface area contributed by atoms with Crippen LogP contribution in [0.25, 0.3) is 10.8 Å². The van der Waals surface area contributed by atoms with Crippen molar-refractivity contribution in [1.29, 1.82) is 0 Å². The third kappa shape index (κ3) is 3.00. The van der Waals surface area contributed by atoms with Gasteiger partial charge in [0.1, 0.15) is 0 Å². The highest BCUT2D eigenvalue weighted by molar-refractivity contribution is 6.30. The zero-order chi connectivity index (χ0) is 18.3. The molecule has 0 bridgehead atoms. The normalized spacial score (nSPS) is 16.6. The number of hydrogen-bond acceptors (Lipinski definition) is 1. The Bertz CT molecular complexity index is 1030. The summed E-state index contributed by atoms with van der Waals surface area (Å²) in [7, 11) is 0. The van der Waals surface area contributed by atoms with E-state index >= 15 is 0 Å². The monoisotopic (exact) mass is 381 g/mol. The molecule has 1 aliphatic heterocycles. The van der Waals surface area contributed by atoms with E-state index in [1.165, 1.54) is 0 Å². The van der Waals surface area contributed by atoms with E-state index in [-0.39, 0.29) is 11.8 Å². The third-order valence-corrected chi connectivity index (χ3v) is 5.20. The van der Waals surface area contributed by atoms with Crippen molar-refractivity contribution in [2.24, 2.45) is 0 Å². The summed E-state index contributed by atoms with van der Waals surface area (Å²) >= 11 is 12.2. The van der Waals surface area contributed by atoms with Crippen LogP contribution in [0.15, 0.2) is 72.3 Å².